The number of rotatable bonds is 9. The fourth-order valence-electron chi connectivity index (χ4n) is 2.95. The first kappa shape index (κ1) is 21.1. The van der Waals surface area contributed by atoms with E-state index >= 15 is 0 Å². The molecule has 0 heterocycles. The van der Waals surface area contributed by atoms with Crippen LogP contribution in [-0.2, 0) is 21.4 Å². The lowest BCUT2D eigenvalue weighted by Gasteiger charge is -2.28. The Kier molecular flexibility index (Phi) is 7.56. The SMILES string of the molecule is CCC(C)N(CCC(=O)N(Cc1ccccc1)c1ccccc1)S(C)(=O)=O. The Morgan fingerprint density at radius 1 is 1.00 bits per heavy atom. The standard InChI is InChI=1S/C21H28N2O3S/c1-4-18(2)23(27(3,25)26)16-15-21(24)22(20-13-9-6-10-14-20)17-19-11-7-5-8-12-19/h5-14,18H,4,15-17H2,1-3H3. The first-order valence-electron chi connectivity index (χ1n) is 9.19. The van der Waals surface area contributed by atoms with Crippen LogP contribution in [0.2, 0.25) is 0 Å². The number of carbonyl (C=O) groups excluding carboxylic acids is 1. The first-order valence-corrected chi connectivity index (χ1v) is 11.0. The van der Waals surface area contributed by atoms with Crippen LogP contribution in [0.25, 0.3) is 0 Å². The van der Waals surface area contributed by atoms with Crippen LogP contribution in [0.3, 0.4) is 0 Å². The van der Waals surface area contributed by atoms with Crippen LogP contribution >= 0.6 is 0 Å². The second-order valence-electron chi connectivity index (χ2n) is 6.68. The summed E-state index contributed by atoms with van der Waals surface area (Å²) in [7, 11) is -3.36. The van der Waals surface area contributed by atoms with Crippen LogP contribution in [-0.4, -0.2) is 37.5 Å². The fourth-order valence-corrected chi connectivity index (χ4v) is 4.18. The van der Waals surface area contributed by atoms with Crippen molar-refractivity contribution in [3.05, 3.63) is 66.2 Å². The molecule has 1 unspecified atom stereocenters. The van der Waals surface area contributed by atoms with Crippen molar-refractivity contribution in [2.45, 2.75) is 39.3 Å². The summed E-state index contributed by atoms with van der Waals surface area (Å²) in [4.78, 5) is 14.7. The average Bonchev–Trinajstić information content (AvgIpc) is 2.66. The molecule has 6 heteroatoms. The molecule has 1 atom stereocenters. The van der Waals surface area contributed by atoms with Crippen LogP contribution in [0.1, 0.15) is 32.3 Å². The van der Waals surface area contributed by atoms with Gasteiger partial charge in [0.05, 0.1) is 12.8 Å². The van der Waals surface area contributed by atoms with E-state index in [0.717, 1.165) is 11.3 Å². The molecule has 0 saturated heterocycles. The molecular formula is C21H28N2O3S. The third-order valence-electron chi connectivity index (χ3n) is 4.61. The normalized spacial score (nSPS) is 12.7. The zero-order chi connectivity index (χ0) is 19.9. The van der Waals surface area contributed by atoms with Crippen LogP contribution in [0, 0.1) is 0 Å². The van der Waals surface area contributed by atoms with E-state index in [-0.39, 0.29) is 24.9 Å². The maximum atomic E-state index is 13.0. The lowest BCUT2D eigenvalue weighted by atomic mass is 10.1. The molecule has 0 bridgehead atoms. The number of hydrogen-bond acceptors (Lipinski definition) is 3. The van der Waals surface area contributed by atoms with Gasteiger partial charge in [-0.25, -0.2) is 8.42 Å². The van der Waals surface area contributed by atoms with Crippen molar-refractivity contribution in [2.75, 3.05) is 17.7 Å². The van der Waals surface area contributed by atoms with E-state index in [1.165, 1.54) is 10.6 Å². The topological polar surface area (TPSA) is 57.7 Å². The first-order chi connectivity index (χ1) is 12.8. The van der Waals surface area contributed by atoms with Gasteiger partial charge in [-0.2, -0.15) is 4.31 Å². The number of para-hydroxylation sites is 1. The van der Waals surface area contributed by atoms with Gasteiger partial charge >= 0.3 is 0 Å². The molecule has 2 aromatic rings. The number of anilines is 1. The van der Waals surface area contributed by atoms with Gasteiger partial charge in [-0.15, -0.1) is 0 Å². The molecule has 1 amide bonds. The Labute approximate surface area is 162 Å². The van der Waals surface area contributed by atoms with Crippen molar-refractivity contribution in [1.29, 1.82) is 0 Å². The van der Waals surface area contributed by atoms with Crippen molar-refractivity contribution in [2.24, 2.45) is 0 Å². The highest BCUT2D eigenvalue weighted by Gasteiger charge is 2.24. The van der Waals surface area contributed by atoms with Gasteiger partial charge in [0.25, 0.3) is 0 Å². The Bertz CT molecular complexity index is 823. The minimum Gasteiger partial charge on any atom is -0.308 e. The van der Waals surface area contributed by atoms with Gasteiger partial charge in [0.15, 0.2) is 0 Å². The van der Waals surface area contributed by atoms with Gasteiger partial charge < -0.3 is 4.90 Å². The quantitative estimate of drug-likeness (QED) is 0.659. The summed E-state index contributed by atoms with van der Waals surface area (Å²) in [5, 5.41) is 0. The van der Waals surface area contributed by atoms with E-state index in [4.69, 9.17) is 0 Å². The minimum atomic E-state index is -3.36. The van der Waals surface area contributed by atoms with Crippen LogP contribution < -0.4 is 4.90 Å². The third kappa shape index (κ3) is 6.19. The summed E-state index contributed by atoms with van der Waals surface area (Å²) >= 11 is 0. The molecular weight excluding hydrogens is 360 g/mol. The van der Waals surface area contributed by atoms with Crippen molar-refractivity contribution >= 4 is 21.6 Å². The molecule has 0 saturated carbocycles. The van der Waals surface area contributed by atoms with Crippen molar-refractivity contribution in [1.82, 2.24) is 4.31 Å². The lowest BCUT2D eigenvalue weighted by Crippen LogP contribution is -2.41. The van der Waals surface area contributed by atoms with Gasteiger partial charge in [-0.05, 0) is 31.0 Å². The number of hydrogen-bond donors (Lipinski definition) is 0. The summed E-state index contributed by atoms with van der Waals surface area (Å²) in [6.07, 6.45) is 2.04. The van der Waals surface area contributed by atoms with E-state index in [0.29, 0.717) is 13.0 Å². The molecule has 0 aliphatic heterocycles. The zero-order valence-electron chi connectivity index (χ0n) is 16.2. The largest absolute Gasteiger partial charge is 0.308 e. The van der Waals surface area contributed by atoms with Gasteiger partial charge in [-0.3, -0.25) is 4.79 Å². The molecule has 2 aromatic carbocycles. The molecule has 0 N–H and O–H groups in total. The van der Waals surface area contributed by atoms with Crippen LogP contribution in [0.5, 0.6) is 0 Å². The summed E-state index contributed by atoms with van der Waals surface area (Å²) in [5.74, 6) is -0.0954. The highest BCUT2D eigenvalue weighted by Crippen LogP contribution is 2.19. The van der Waals surface area contributed by atoms with E-state index in [1.807, 2.05) is 74.5 Å². The van der Waals surface area contributed by atoms with Crippen LogP contribution in [0.15, 0.2) is 60.7 Å². The summed E-state index contributed by atoms with van der Waals surface area (Å²) in [5.41, 5.74) is 1.83. The molecule has 2 rings (SSSR count). The second kappa shape index (κ2) is 9.67. The Morgan fingerprint density at radius 3 is 2.07 bits per heavy atom. The van der Waals surface area contributed by atoms with E-state index in [9.17, 15) is 13.2 Å². The van der Waals surface area contributed by atoms with Gasteiger partial charge in [-0.1, -0.05) is 55.5 Å². The Balaban J connectivity index is 2.18. The smallest absolute Gasteiger partial charge is 0.228 e. The summed E-state index contributed by atoms with van der Waals surface area (Å²) in [6.45, 7) is 4.44. The predicted octanol–water partition coefficient (Wildman–Crippen LogP) is 3.67. The van der Waals surface area contributed by atoms with Gasteiger partial charge in [0.1, 0.15) is 0 Å². The second-order valence-corrected chi connectivity index (χ2v) is 8.62. The predicted molar refractivity (Wildman–Crippen MR) is 110 cm³/mol. The monoisotopic (exact) mass is 388 g/mol. The summed E-state index contributed by atoms with van der Waals surface area (Å²) in [6, 6.07) is 19.1. The maximum Gasteiger partial charge on any atom is 0.228 e. The van der Waals surface area contributed by atoms with Gasteiger partial charge in [0, 0.05) is 24.7 Å². The van der Waals surface area contributed by atoms with Crippen LogP contribution in [0.4, 0.5) is 5.69 Å². The molecule has 5 nitrogen and oxygen atoms in total. The highest BCUT2D eigenvalue weighted by atomic mass is 32.2. The molecule has 27 heavy (non-hydrogen) atoms. The molecule has 0 spiro atoms. The molecule has 0 aliphatic carbocycles. The number of sulfonamides is 1. The van der Waals surface area contributed by atoms with E-state index in [2.05, 4.69) is 0 Å². The highest BCUT2D eigenvalue weighted by molar-refractivity contribution is 7.88. The fraction of sp³-hybridized carbons (Fsp3) is 0.381. The van der Waals surface area contributed by atoms with Crippen molar-refractivity contribution in [3.8, 4) is 0 Å². The number of nitrogens with zero attached hydrogens (tertiary/aromatic N) is 2. The lowest BCUT2D eigenvalue weighted by molar-refractivity contribution is -0.118. The molecule has 0 fully saturated rings. The minimum absolute atomic E-state index is 0.0954. The Morgan fingerprint density at radius 2 is 1.56 bits per heavy atom. The number of amides is 1. The van der Waals surface area contributed by atoms with Crippen molar-refractivity contribution < 1.29 is 13.2 Å². The zero-order valence-corrected chi connectivity index (χ0v) is 17.0. The maximum absolute atomic E-state index is 13.0. The van der Waals surface area contributed by atoms with Gasteiger partial charge in [0.2, 0.25) is 15.9 Å². The molecule has 146 valence electrons. The average molecular weight is 389 g/mol. The third-order valence-corrected chi connectivity index (χ3v) is 6.00. The van der Waals surface area contributed by atoms with Crippen molar-refractivity contribution in [3.63, 3.8) is 0 Å². The number of carbonyl (C=O) groups is 1. The van der Waals surface area contributed by atoms with E-state index in [1.54, 1.807) is 4.90 Å². The Hall–Kier alpha value is -2.18. The molecule has 0 aliphatic rings. The number of benzene rings is 2. The summed E-state index contributed by atoms with van der Waals surface area (Å²) < 4.78 is 25.6. The van der Waals surface area contributed by atoms with E-state index < -0.39 is 10.0 Å². The molecule has 0 aromatic heterocycles. The molecule has 0 radical (unpaired) electrons.